The van der Waals surface area contributed by atoms with Gasteiger partial charge in [0.05, 0.1) is 37.5 Å². The van der Waals surface area contributed by atoms with E-state index in [9.17, 15) is 27.7 Å². The van der Waals surface area contributed by atoms with Crippen LogP contribution < -0.4 is 64.2 Å². The fourth-order valence-electron chi connectivity index (χ4n) is 2.92. The number of hydrogen-bond acceptors (Lipinski definition) is 9. The molecule has 0 aromatic rings. The number of unbranched alkanes of at least 4 members (excludes halogenated alkanes) is 10. The van der Waals surface area contributed by atoms with Crippen molar-refractivity contribution in [2.45, 2.75) is 89.2 Å². The van der Waals surface area contributed by atoms with Crippen molar-refractivity contribution in [2.24, 2.45) is 0 Å². The summed E-state index contributed by atoms with van der Waals surface area (Å²) in [5.41, 5.74) is 0. The molecule has 184 valence electrons. The van der Waals surface area contributed by atoms with Crippen molar-refractivity contribution in [3.05, 3.63) is 0 Å². The van der Waals surface area contributed by atoms with Gasteiger partial charge in [-0.15, -0.1) is 0 Å². The zero-order chi connectivity index (χ0) is 23.4. The van der Waals surface area contributed by atoms with Crippen LogP contribution in [0.15, 0.2) is 0 Å². The van der Waals surface area contributed by atoms with Crippen molar-refractivity contribution in [2.75, 3.05) is 33.0 Å². The van der Waals surface area contributed by atoms with E-state index in [1.165, 1.54) is 57.8 Å². The number of hydrogen-bond donors (Lipinski definition) is 0. The second-order valence-electron chi connectivity index (χ2n) is 7.49. The van der Waals surface area contributed by atoms with Crippen LogP contribution in [0.4, 0.5) is 0 Å². The summed E-state index contributed by atoms with van der Waals surface area (Å²) in [6, 6.07) is 0. The average Bonchev–Trinajstić information content (AvgIpc) is 2.70. The molecule has 0 N–H and O–H groups in total. The molecule has 0 aromatic carbocycles. The molecule has 0 aliphatic carbocycles. The molecule has 33 heavy (non-hydrogen) atoms. The Balaban J connectivity index is -0.00000450. The van der Waals surface area contributed by atoms with E-state index in [4.69, 9.17) is 9.47 Å². The van der Waals surface area contributed by atoms with Crippen LogP contribution in [-0.2, 0) is 33.9 Å². The first-order valence-corrected chi connectivity index (χ1v) is 12.7. The molecule has 0 saturated heterocycles. The molecule has 0 aromatic heterocycles. The van der Waals surface area contributed by atoms with Crippen LogP contribution in [0.5, 0.6) is 0 Å². The van der Waals surface area contributed by atoms with Crippen molar-refractivity contribution < 1.29 is 101 Å². The molecule has 0 rings (SSSR count). The second kappa shape index (κ2) is 25.9. The maximum Gasteiger partial charge on any atom is 1.00 e. The number of esters is 1. The summed E-state index contributed by atoms with van der Waals surface area (Å²) in [4.78, 5) is 22.0. The first kappa shape index (κ1) is 38.3. The Kier molecular flexibility index (Phi) is 30.0. The summed E-state index contributed by atoms with van der Waals surface area (Å²) in [5, 5.41) is 8.13. The third kappa shape index (κ3) is 25.7. The van der Waals surface area contributed by atoms with Gasteiger partial charge in [-0.25, -0.2) is 8.42 Å². The SMILES string of the molecule is CCCCCCCCCCCCCOCCOCCOC(=O)CC(C(=O)[O-])S(=O)(=O)[O-].[Na+].[Na+]. The topological polar surface area (TPSA) is 142 Å². The van der Waals surface area contributed by atoms with Gasteiger partial charge in [-0.3, -0.25) is 4.79 Å². The van der Waals surface area contributed by atoms with Crippen LogP contribution in [0, 0.1) is 0 Å². The second-order valence-corrected chi connectivity index (χ2v) is 9.04. The molecular weight excluding hydrogens is 474 g/mol. The number of carbonyl (C=O) groups is 2. The summed E-state index contributed by atoms with van der Waals surface area (Å²) in [6.07, 6.45) is 12.9. The zero-order valence-electron chi connectivity index (χ0n) is 20.7. The minimum Gasteiger partial charge on any atom is -0.747 e. The summed E-state index contributed by atoms with van der Waals surface area (Å²) >= 11 is 0. The normalized spacial score (nSPS) is 11.8. The molecule has 0 spiro atoms. The van der Waals surface area contributed by atoms with Crippen molar-refractivity contribution in [3.63, 3.8) is 0 Å². The minimum atomic E-state index is -5.18. The first-order chi connectivity index (χ1) is 14.8. The monoisotopic (exact) mass is 512 g/mol. The zero-order valence-corrected chi connectivity index (χ0v) is 25.5. The number of rotatable bonds is 22. The first-order valence-electron chi connectivity index (χ1n) is 11.3. The molecule has 9 nitrogen and oxygen atoms in total. The van der Waals surface area contributed by atoms with E-state index < -0.39 is 33.7 Å². The predicted octanol–water partition coefficient (Wildman–Crippen LogP) is -4.06. The Labute approximate surface area is 243 Å². The van der Waals surface area contributed by atoms with Crippen LogP contribution in [0.3, 0.4) is 0 Å². The van der Waals surface area contributed by atoms with Gasteiger partial charge in [-0.1, -0.05) is 71.1 Å². The molecule has 0 aliphatic heterocycles. The molecule has 1 atom stereocenters. The van der Waals surface area contributed by atoms with E-state index in [0.29, 0.717) is 19.8 Å². The van der Waals surface area contributed by atoms with E-state index >= 15 is 0 Å². The quantitative estimate of drug-likeness (QED) is 0.0613. The van der Waals surface area contributed by atoms with E-state index in [1.54, 1.807) is 0 Å². The van der Waals surface area contributed by atoms with Crippen molar-refractivity contribution in [1.29, 1.82) is 0 Å². The van der Waals surface area contributed by atoms with Crippen LogP contribution in [0.1, 0.15) is 84.0 Å². The summed E-state index contributed by atoms with van der Waals surface area (Å²) in [7, 11) is -5.18. The van der Waals surface area contributed by atoms with Gasteiger partial charge in [-0.2, -0.15) is 0 Å². The Morgan fingerprint density at radius 2 is 1.15 bits per heavy atom. The Morgan fingerprint density at radius 1 is 0.727 bits per heavy atom. The number of carboxylic acids is 1. The van der Waals surface area contributed by atoms with Crippen molar-refractivity contribution in [3.8, 4) is 0 Å². The number of ether oxygens (including phenoxy) is 3. The molecule has 0 saturated carbocycles. The van der Waals surface area contributed by atoms with E-state index in [0.717, 1.165) is 12.8 Å². The van der Waals surface area contributed by atoms with Crippen LogP contribution in [0.25, 0.3) is 0 Å². The molecule has 0 fully saturated rings. The molecule has 0 aliphatic rings. The molecule has 0 heterocycles. The standard InChI is InChI=1S/C21H40O9S.2Na/c1-2-3-4-5-6-7-8-9-10-11-12-13-28-14-15-29-16-17-30-20(22)18-19(21(23)24)31(25,26)27;;/h19H,2-18H2,1H3,(H,23,24)(H,25,26,27);;/q;2*+1/p-2. The molecule has 1 unspecified atom stereocenters. The van der Waals surface area contributed by atoms with Crippen LogP contribution >= 0.6 is 0 Å². The van der Waals surface area contributed by atoms with Gasteiger partial charge in [0.25, 0.3) is 0 Å². The van der Waals surface area contributed by atoms with Gasteiger partial charge in [0, 0.05) is 6.61 Å². The smallest absolute Gasteiger partial charge is 0.747 e. The molecular formula is C21H38Na2O9S. The van der Waals surface area contributed by atoms with Gasteiger partial charge in [0.15, 0.2) is 0 Å². The number of aliphatic carboxylic acids is 1. The van der Waals surface area contributed by atoms with Crippen molar-refractivity contribution in [1.82, 2.24) is 0 Å². The number of carboxylic acid groups (broad SMARTS) is 1. The Morgan fingerprint density at radius 3 is 1.61 bits per heavy atom. The molecule has 0 bridgehead atoms. The van der Waals surface area contributed by atoms with Gasteiger partial charge in [0.2, 0.25) is 0 Å². The summed E-state index contributed by atoms with van der Waals surface area (Å²) in [6.45, 7) is 3.49. The summed E-state index contributed by atoms with van der Waals surface area (Å²) in [5.74, 6) is -3.25. The summed E-state index contributed by atoms with van der Waals surface area (Å²) < 4.78 is 47.5. The fourth-order valence-corrected chi connectivity index (χ4v) is 3.49. The van der Waals surface area contributed by atoms with Crippen molar-refractivity contribution >= 4 is 22.1 Å². The fraction of sp³-hybridized carbons (Fsp3) is 0.905. The molecule has 12 heteroatoms. The maximum atomic E-state index is 11.4. The molecule has 0 radical (unpaired) electrons. The predicted molar refractivity (Wildman–Crippen MR) is 112 cm³/mol. The average molecular weight is 513 g/mol. The van der Waals surface area contributed by atoms with E-state index in [2.05, 4.69) is 11.7 Å². The van der Waals surface area contributed by atoms with Crippen LogP contribution in [-0.4, -0.2) is 63.2 Å². The van der Waals surface area contributed by atoms with Gasteiger partial charge < -0.3 is 28.7 Å². The third-order valence-electron chi connectivity index (χ3n) is 4.72. The Bertz CT molecular complexity index is 574. The van der Waals surface area contributed by atoms with E-state index in [-0.39, 0.29) is 72.3 Å². The van der Waals surface area contributed by atoms with E-state index in [1.807, 2.05) is 0 Å². The van der Waals surface area contributed by atoms with Gasteiger partial charge in [-0.05, 0) is 6.42 Å². The maximum absolute atomic E-state index is 11.4. The van der Waals surface area contributed by atoms with Gasteiger partial charge in [0.1, 0.15) is 16.7 Å². The van der Waals surface area contributed by atoms with Crippen LogP contribution in [0.2, 0.25) is 0 Å². The Hall–Kier alpha value is 0.770. The third-order valence-corrected chi connectivity index (χ3v) is 5.77. The minimum absolute atomic E-state index is 0. The molecule has 0 amide bonds. The largest absolute Gasteiger partial charge is 1.00 e. The number of carbonyl (C=O) groups excluding carboxylic acids is 2. The van der Waals surface area contributed by atoms with Gasteiger partial charge >= 0.3 is 65.1 Å².